The maximum Gasteiger partial charge on any atom is 0.323 e. The van der Waals surface area contributed by atoms with Crippen LogP contribution in [-0.4, -0.2) is 32.5 Å². The van der Waals surface area contributed by atoms with Crippen molar-refractivity contribution in [3.05, 3.63) is 33.4 Å². The van der Waals surface area contributed by atoms with E-state index in [1.54, 1.807) is 6.92 Å². The molecule has 9 heteroatoms. The molecule has 1 atom stereocenters. The van der Waals surface area contributed by atoms with E-state index in [1.807, 2.05) is 0 Å². The summed E-state index contributed by atoms with van der Waals surface area (Å²) in [5.41, 5.74) is 0.518. The van der Waals surface area contributed by atoms with Crippen LogP contribution in [0.1, 0.15) is 18.1 Å². The summed E-state index contributed by atoms with van der Waals surface area (Å²) < 4.78 is 31.1. The lowest BCUT2D eigenvalue weighted by Crippen LogP contribution is -2.39. The molecule has 0 aromatic heterocycles. The number of aryl methyl sites for hydroxylation is 1. The van der Waals surface area contributed by atoms with Gasteiger partial charge in [-0.3, -0.25) is 14.9 Å². The summed E-state index contributed by atoms with van der Waals surface area (Å²) in [5, 5.41) is 10.8. The van der Waals surface area contributed by atoms with Crippen molar-refractivity contribution >= 4 is 21.7 Å². The van der Waals surface area contributed by atoms with E-state index in [4.69, 9.17) is 0 Å². The lowest BCUT2D eigenvalue weighted by atomic mass is 10.1. The first kappa shape index (κ1) is 17.1. The minimum atomic E-state index is -4.08. The fourth-order valence-electron chi connectivity index (χ4n) is 1.71. The van der Waals surface area contributed by atoms with E-state index in [-0.39, 0.29) is 10.6 Å². The molecule has 0 radical (unpaired) electrons. The predicted molar refractivity (Wildman–Crippen MR) is 74.4 cm³/mol. The molecule has 0 aliphatic rings. The first-order valence-electron chi connectivity index (χ1n) is 5.96. The molecule has 0 saturated heterocycles. The van der Waals surface area contributed by atoms with Crippen molar-refractivity contribution < 1.29 is 22.9 Å². The topological polar surface area (TPSA) is 116 Å². The van der Waals surface area contributed by atoms with E-state index in [0.29, 0.717) is 11.1 Å². The fraction of sp³-hybridized carbons (Fsp3) is 0.417. The molecule has 0 aliphatic heterocycles. The summed E-state index contributed by atoms with van der Waals surface area (Å²) in [7, 11) is -2.94. The van der Waals surface area contributed by atoms with Crippen LogP contribution in [0.2, 0.25) is 0 Å². The molecule has 21 heavy (non-hydrogen) atoms. The van der Waals surface area contributed by atoms with Crippen LogP contribution >= 0.6 is 0 Å². The van der Waals surface area contributed by atoms with E-state index < -0.39 is 27.0 Å². The molecule has 0 aliphatic carbocycles. The Labute approximate surface area is 122 Å². The third-order valence-electron chi connectivity index (χ3n) is 2.99. The molecule has 0 heterocycles. The van der Waals surface area contributed by atoms with Crippen molar-refractivity contribution in [2.24, 2.45) is 0 Å². The van der Waals surface area contributed by atoms with E-state index in [0.717, 1.165) is 13.2 Å². The van der Waals surface area contributed by atoms with Crippen molar-refractivity contribution in [3.63, 3.8) is 0 Å². The van der Waals surface area contributed by atoms with Gasteiger partial charge in [-0.2, -0.15) is 4.72 Å². The van der Waals surface area contributed by atoms with Crippen LogP contribution in [0.25, 0.3) is 0 Å². The maximum atomic E-state index is 12.3. The van der Waals surface area contributed by atoms with Crippen molar-refractivity contribution in [3.8, 4) is 0 Å². The number of carbonyl (C=O) groups excluding carboxylic acids is 1. The summed E-state index contributed by atoms with van der Waals surface area (Å²) in [6.45, 7) is 4.43. The molecule has 1 aromatic carbocycles. The Morgan fingerprint density at radius 3 is 2.43 bits per heavy atom. The first-order chi connectivity index (χ1) is 9.60. The van der Waals surface area contributed by atoms with Crippen molar-refractivity contribution in [1.82, 2.24) is 4.72 Å². The number of nitrogens with zero attached hydrogens (tertiary/aromatic N) is 1. The Kier molecular flexibility index (Phi) is 5.02. The lowest BCUT2D eigenvalue weighted by Gasteiger charge is -2.14. The second-order valence-electron chi connectivity index (χ2n) is 4.51. The molecule has 0 spiro atoms. The van der Waals surface area contributed by atoms with Crippen LogP contribution in [0.15, 0.2) is 17.0 Å². The number of hydrogen-bond acceptors (Lipinski definition) is 6. The number of esters is 1. The van der Waals surface area contributed by atoms with Crippen molar-refractivity contribution in [1.29, 1.82) is 0 Å². The summed E-state index contributed by atoms with van der Waals surface area (Å²) in [4.78, 5) is 21.2. The molecule has 116 valence electrons. The van der Waals surface area contributed by atoms with E-state index in [2.05, 4.69) is 9.46 Å². The van der Waals surface area contributed by atoms with Gasteiger partial charge in [0.2, 0.25) is 10.0 Å². The van der Waals surface area contributed by atoms with Gasteiger partial charge in [0.15, 0.2) is 0 Å². The number of nitrogens with one attached hydrogen (secondary N) is 1. The lowest BCUT2D eigenvalue weighted by molar-refractivity contribution is -0.385. The van der Waals surface area contributed by atoms with Crippen LogP contribution < -0.4 is 4.72 Å². The zero-order valence-corrected chi connectivity index (χ0v) is 12.9. The highest BCUT2D eigenvalue weighted by Crippen LogP contribution is 2.25. The van der Waals surface area contributed by atoms with E-state index >= 15 is 0 Å². The minimum Gasteiger partial charge on any atom is -0.468 e. The van der Waals surface area contributed by atoms with Crippen molar-refractivity contribution in [2.75, 3.05) is 7.11 Å². The number of non-ortho nitro benzene ring substituents is 1. The highest BCUT2D eigenvalue weighted by atomic mass is 32.2. The zero-order valence-electron chi connectivity index (χ0n) is 12.0. The number of nitro benzene ring substituents is 1. The fourth-order valence-corrected chi connectivity index (χ4v) is 3.24. The molecule has 1 rings (SSSR count). The molecule has 1 unspecified atom stereocenters. The summed E-state index contributed by atoms with van der Waals surface area (Å²) in [6, 6.07) is 1.16. The number of nitro groups is 1. The number of carbonyl (C=O) groups is 1. The van der Waals surface area contributed by atoms with E-state index in [9.17, 15) is 23.3 Å². The van der Waals surface area contributed by atoms with Gasteiger partial charge in [-0.25, -0.2) is 8.42 Å². The molecule has 0 fully saturated rings. The molecule has 0 amide bonds. The Morgan fingerprint density at radius 1 is 1.38 bits per heavy atom. The van der Waals surface area contributed by atoms with Gasteiger partial charge in [0, 0.05) is 12.1 Å². The Bertz CT molecular complexity index is 683. The molecule has 1 aromatic rings. The van der Waals surface area contributed by atoms with Gasteiger partial charge < -0.3 is 4.74 Å². The normalized spacial score (nSPS) is 12.8. The van der Waals surface area contributed by atoms with Gasteiger partial charge in [-0.15, -0.1) is 0 Å². The largest absolute Gasteiger partial charge is 0.468 e. The second-order valence-corrected chi connectivity index (χ2v) is 6.19. The van der Waals surface area contributed by atoms with Gasteiger partial charge in [-0.05, 0) is 31.9 Å². The average molecular weight is 316 g/mol. The number of sulfonamides is 1. The Morgan fingerprint density at radius 2 is 1.95 bits per heavy atom. The number of ether oxygens (including phenoxy) is 1. The van der Waals surface area contributed by atoms with Crippen LogP contribution in [0.5, 0.6) is 0 Å². The number of hydrogen-bond donors (Lipinski definition) is 1. The highest BCUT2D eigenvalue weighted by molar-refractivity contribution is 7.89. The molecule has 0 bridgehead atoms. The number of benzene rings is 1. The standard InChI is InChI=1S/C12H16N2O6S/c1-7-5-10(14(16)17)6-11(8(7)2)21(18,19)13-9(3)12(15)20-4/h5-6,9,13H,1-4H3. The minimum absolute atomic E-state index is 0.232. The highest BCUT2D eigenvalue weighted by Gasteiger charge is 2.26. The quantitative estimate of drug-likeness (QED) is 0.493. The predicted octanol–water partition coefficient (Wildman–Crippen LogP) is 1.05. The Hall–Kier alpha value is -2.00. The summed E-state index contributed by atoms with van der Waals surface area (Å²) in [5.74, 6) is -0.751. The molecular formula is C12H16N2O6S. The maximum absolute atomic E-state index is 12.3. The van der Waals surface area contributed by atoms with Gasteiger partial charge in [0.05, 0.1) is 16.9 Å². The van der Waals surface area contributed by atoms with Crippen LogP contribution in [-0.2, 0) is 19.6 Å². The van der Waals surface area contributed by atoms with Crippen LogP contribution in [0.3, 0.4) is 0 Å². The zero-order chi connectivity index (χ0) is 16.4. The smallest absolute Gasteiger partial charge is 0.323 e. The third-order valence-corrected chi connectivity index (χ3v) is 4.66. The SMILES string of the molecule is COC(=O)C(C)NS(=O)(=O)c1cc([N+](=O)[O-])cc(C)c1C. The molecular weight excluding hydrogens is 300 g/mol. The van der Waals surface area contributed by atoms with Gasteiger partial charge in [0.25, 0.3) is 5.69 Å². The third kappa shape index (κ3) is 3.76. The molecule has 8 nitrogen and oxygen atoms in total. The number of methoxy groups -OCH3 is 1. The Balaban J connectivity index is 3.31. The average Bonchev–Trinajstić information content (AvgIpc) is 2.39. The molecule has 1 N–H and O–H groups in total. The second kappa shape index (κ2) is 6.19. The van der Waals surface area contributed by atoms with Crippen LogP contribution in [0, 0.1) is 24.0 Å². The van der Waals surface area contributed by atoms with Gasteiger partial charge in [0.1, 0.15) is 6.04 Å². The summed E-state index contributed by atoms with van der Waals surface area (Å²) in [6.07, 6.45) is 0. The monoisotopic (exact) mass is 316 g/mol. The van der Waals surface area contributed by atoms with Crippen molar-refractivity contribution in [2.45, 2.75) is 31.7 Å². The molecule has 0 saturated carbocycles. The van der Waals surface area contributed by atoms with E-state index in [1.165, 1.54) is 19.9 Å². The van der Waals surface area contributed by atoms with Crippen LogP contribution in [0.4, 0.5) is 5.69 Å². The summed E-state index contributed by atoms with van der Waals surface area (Å²) >= 11 is 0. The van der Waals surface area contributed by atoms with Gasteiger partial charge in [-0.1, -0.05) is 0 Å². The first-order valence-corrected chi connectivity index (χ1v) is 7.44. The number of rotatable bonds is 5. The van der Waals surface area contributed by atoms with Gasteiger partial charge >= 0.3 is 5.97 Å².